The number of hydrogen-bond acceptors (Lipinski definition) is 2. The van der Waals surface area contributed by atoms with Gasteiger partial charge in [0.1, 0.15) is 0 Å². The standard InChI is InChI=1S/C18H28ClNO2/c1-17-10-8-16(22)20(19)14(17)5-3-11-12-4-6-15(21)18(12,2)9-7-13(11)17/h11-15,21H,3-10H2,1-2H3/t11-,12?,13?,14?,15-,17+,18-/m0/s1. The highest BCUT2D eigenvalue weighted by Gasteiger charge is 2.61. The fourth-order valence-electron chi connectivity index (χ4n) is 6.79. The lowest BCUT2D eigenvalue weighted by Crippen LogP contribution is -2.60. The predicted octanol–water partition coefficient (Wildman–Crippen LogP) is 3.73. The van der Waals surface area contributed by atoms with Crippen molar-refractivity contribution in [3.05, 3.63) is 0 Å². The van der Waals surface area contributed by atoms with E-state index < -0.39 is 0 Å². The van der Waals surface area contributed by atoms with Gasteiger partial charge in [0.05, 0.1) is 12.1 Å². The Morgan fingerprint density at radius 3 is 2.55 bits per heavy atom. The van der Waals surface area contributed by atoms with E-state index in [1.807, 2.05) is 0 Å². The van der Waals surface area contributed by atoms with Crippen molar-refractivity contribution in [2.45, 2.75) is 77.4 Å². The number of aliphatic hydroxyl groups is 1. The highest BCUT2D eigenvalue weighted by atomic mass is 35.5. The summed E-state index contributed by atoms with van der Waals surface area (Å²) in [4.78, 5) is 12.0. The maximum Gasteiger partial charge on any atom is 0.237 e. The Balaban J connectivity index is 1.65. The monoisotopic (exact) mass is 325 g/mol. The van der Waals surface area contributed by atoms with Crippen LogP contribution in [0.5, 0.6) is 0 Å². The van der Waals surface area contributed by atoms with Gasteiger partial charge in [-0.1, -0.05) is 13.8 Å². The van der Waals surface area contributed by atoms with E-state index >= 15 is 0 Å². The van der Waals surface area contributed by atoms with Crippen molar-refractivity contribution in [3.8, 4) is 0 Å². The second kappa shape index (κ2) is 4.86. The molecule has 0 aromatic heterocycles. The molecule has 4 fully saturated rings. The number of piperidine rings is 1. The van der Waals surface area contributed by atoms with Crippen LogP contribution in [0, 0.1) is 28.6 Å². The molecule has 3 nitrogen and oxygen atoms in total. The SMILES string of the molecule is C[C@]12CCC(=O)N(Cl)C1CC[C@@H]1C2CC[C@@]2(C)C1CC[C@@H]2O. The number of aliphatic hydroxyl groups excluding tert-OH is 1. The minimum atomic E-state index is -0.110. The van der Waals surface area contributed by atoms with Crippen LogP contribution in [0.15, 0.2) is 0 Å². The molecule has 4 rings (SSSR count). The van der Waals surface area contributed by atoms with Crippen LogP contribution >= 0.6 is 11.8 Å². The van der Waals surface area contributed by atoms with Crippen LogP contribution in [0.1, 0.15) is 65.2 Å². The zero-order valence-electron chi connectivity index (χ0n) is 13.7. The van der Waals surface area contributed by atoms with Crippen LogP contribution in [-0.2, 0) is 4.79 Å². The van der Waals surface area contributed by atoms with Gasteiger partial charge in [0, 0.05) is 18.2 Å². The van der Waals surface area contributed by atoms with E-state index in [-0.39, 0.29) is 28.9 Å². The van der Waals surface area contributed by atoms with Crippen LogP contribution in [0.25, 0.3) is 0 Å². The van der Waals surface area contributed by atoms with Gasteiger partial charge in [0.25, 0.3) is 0 Å². The van der Waals surface area contributed by atoms with Gasteiger partial charge in [0.15, 0.2) is 0 Å². The maximum absolute atomic E-state index is 12.0. The summed E-state index contributed by atoms with van der Waals surface area (Å²) in [6, 6.07) is 0.215. The Morgan fingerprint density at radius 2 is 1.77 bits per heavy atom. The summed E-state index contributed by atoms with van der Waals surface area (Å²) in [6.07, 6.45) is 8.19. The zero-order chi connectivity index (χ0) is 15.7. The van der Waals surface area contributed by atoms with Crippen LogP contribution in [0.3, 0.4) is 0 Å². The van der Waals surface area contributed by atoms with Crippen molar-refractivity contribution < 1.29 is 9.90 Å². The summed E-state index contributed by atoms with van der Waals surface area (Å²) in [5.41, 5.74) is 0.308. The first-order valence-electron chi connectivity index (χ1n) is 9.04. The number of carbonyl (C=O) groups is 1. The van der Waals surface area contributed by atoms with Crippen molar-refractivity contribution in [3.63, 3.8) is 0 Å². The molecule has 0 aromatic carbocycles. The summed E-state index contributed by atoms with van der Waals surface area (Å²) in [5, 5.41) is 10.5. The Kier molecular flexibility index (Phi) is 3.37. The number of rotatable bonds is 0. The van der Waals surface area contributed by atoms with Crippen LogP contribution in [0.4, 0.5) is 0 Å². The molecule has 124 valence electrons. The lowest BCUT2D eigenvalue weighted by atomic mass is 9.47. The summed E-state index contributed by atoms with van der Waals surface area (Å²) in [6.45, 7) is 4.70. The first-order valence-corrected chi connectivity index (χ1v) is 9.37. The molecule has 0 radical (unpaired) electrons. The largest absolute Gasteiger partial charge is 0.393 e. The summed E-state index contributed by atoms with van der Waals surface area (Å²) < 4.78 is 1.54. The molecule has 4 aliphatic rings. The molecule has 1 aliphatic heterocycles. The van der Waals surface area contributed by atoms with Crippen molar-refractivity contribution >= 4 is 17.7 Å². The molecule has 3 saturated carbocycles. The molecule has 4 heteroatoms. The van der Waals surface area contributed by atoms with Crippen LogP contribution < -0.4 is 0 Å². The van der Waals surface area contributed by atoms with Gasteiger partial charge in [-0.05, 0) is 73.5 Å². The summed E-state index contributed by atoms with van der Waals surface area (Å²) in [5.74, 6) is 2.17. The van der Waals surface area contributed by atoms with Crippen LogP contribution in [0.2, 0.25) is 0 Å². The van der Waals surface area contributed by atoms with Gasteiger partial charge >= 0.3 is 0 Å². The maximum atomic E-state index is 12.0. The second-order valence-electron chi connectivity index (χ2n) is 8.82. The third kappa shape index (κ3) is 1.81. The molecule has 22 heavy (non-hydrogen) atoms. The van der Waals surface area contributed by atoms with E-state index in [0.29, 0.717) is 18.3 Å². The first kappa shape index (κ1) is 15.3. The van der Waals surface area contributed by atoms with E-state index in [1.165, 1.54) is 23.7 Å². The van der Waals surface area contributed by atoms with Gasteiger partial charge < -0.3 is 5.11 Å². The third-order valence-electron chi connectivity index (χ3n) is 8.16. The number of carbonyl (C=O) groups excluding carboxylic acids is 1. The predicted molar refractivity (Wildman–Crippen MR) is 86.1 cm³/mol. The Morgan fingerprint density at radius 1 is 1.05 bits per heavy atom. The Labute approximate surface area is 138 Å². The minimum Gasteiger partial charge on any atom is -0.393 e. The van der Waals surface area contributed by atoms with E-state index in [9.17, 15) is 9.90 Å². The van der Waals surface area contributed by atoms with E-state index in [2.05, 4.69) is 13.8 Å². The average Bonchev–Trinajstić information content (AvgIpc) is 2.79. The van der Waals surface area contributed by atoms with E-state index in [1.54, 1.807) is 0 Å². The molecule has 3 aliphatic carbocycles. The summed E-state index contributed by atoms with van der Waals surface area (Å²) >= 11 is 6.37. The molecule has 0 spiro atoms. The molecule has 1 amide bonds. The summed E-state index contributed by atoms with van der Waals surface area (Å²) in [7, 11) is 0. The molecule has 0 bridgehead atoms. The minimum absolute atomic E-state index is 0.110. The van der Waals surface area contributed by atoms with Gasteiger partial charge in [0.2, 0.25) is 5.91 Å². The highest BCUT2D eigenvalue weighted by molar-refractivity contribution is 6.21. The molecule has 1 heterocycles. The Bertz CT molecular complexity index is 497. The zero-order valence-corrected chi connectivity index (χ0v) is 14.5. The molecule has 7 atom stereocenters. The lowest BCUT2D eigenvalue weighted by Gasteiger charge is -2.60. The van der Waals surface area contributed by atoms with Gasteiger partial charge in [-0.2, -0.15) is 0 Å². The number of halogens is 1. The fraction of sp³-hybridized carbons (Fsp3) is 0.944. The van der Waals surface area contributed by atoms with Crippen molar-refractivity contribution in [2.24, 2.45) is 28.6 Å². The Hall–Kier alpha value is -0.280. The first-order chi connectivity index (χ1) is 10.4. The molecular weight excluding hydrogens is 298 g/mol. The smallest absolute Gasteiger partial charge is 0.237 e. The van der Waals surface area contributed by atoms with Crippen molar-refractivity contribution in [1.29, 1.82) is 0 Å². The van der Waals surface area contributed by atoms with Crippen molar-refractivity contribution in [1.82, 2.24) is 4.42 Å². The number of nitrogens with zero attached hydrogens (tertiary/aromatic N) is 1. The average molecular weight is 326 g/mol. The number of hydrogen-bond donors (Lipinski definition) is 1. The van der Waals surface area contributed by atoms with Gasteiger partial charge in [-0.15, -0.1) is 0 Å². The third-order valence-corrected chi connectivity index (χ3v) is 8.58. The highest BCUT2D eigenvalue weighted by Crippen LogP contribution is 2.64. The number of amides is 1. The van der Waals surface area contributed by atoms with E-state index in [4.69, 9.17) is 11.8 Å². The molecule has 0 aromatic rings. The lowest BCUT2D eigenvalue weighted by molar-refractivity contribution is -0.151. The second-order valence-corrected chi connectivity index (χ2v) is 9.18. The topological polar surface area (TPSA) is 40.5 Å². The van der Waals surface area contributed by atoms with Crippen LogP contribution in [-0.4, -0.2) is 27.6 Å². The molecular formula is C18H28ClNO2. The van der Waals surface area contributed by atoms with E-state index in [0.717, 1.165) is 31.6 Å². The normalized spacial score (nSPS) is 54.6. The molecule has 1 saturated heterocycles. The van der Waals surface area contributed by atoms with Crippen molar-refractivity contribution in [2.75, 3.05) is 0 Å². The van der Waals surface area contributed by atoms with Gasteiger partial charge in [-0.25, -0.2) is 0 Å². The molecule has 3 unspecified atom stereocenters. The fourth-order valence-corrected chi connectivity index (χ4v) is 7.19. The number of fused-ring (bicyclic) bond motifs is 5. The van der Waals surface area contributed by atoms with Gasteiger partial charge in [-0.3, -0.25) is 9.21 Å². The molecule has 1 N–H and O–H groups in total. The quantitative estimate of drug-likeness (QED) is 0.689.